The van der Waals surface area contributed by atoms with Gasteiger partial charge >= 0.3 is 0 Å². The van der Waals surface area contributed by atoms with Crippen molar-refractivity contribution >= 4 is 23.6 Å². The third kappa shape index (κ3) is 3.57. The van der Waals surface area contributed by atoms with Crippen molar-refractivity contribution < 1.29 is 14.3 Å². The molecule has 1 aliphatic rings. The molecule has 0 unspecified atom stereocenters. The summed E-state index contributed by atoms with van der Waals surface area (Å²) in [5, 5.41) is 2.90. The molecule has 1 aliphatic heterocycles. The van der Waals surface area contributed by atoms with E-state index >= 15 is 0 Å². The van der Waals surface area contributed by atoms with Gasteiger partial charge in [0.05, 0.1) is 18.2 Å². The molecule has 132 valence electrons. The van der Waals surface area contributed by atoms with Crippen molar-refractivity contribution in [2.75, 3.05) is 7.11 Å². The van der Waals surface area contributed by atoms with Gasteiger partial charge in [-0.2, -0.15) is 0 Å². The quantitative estimate of drug-likeness (QED) is 0.424. The maximum Gasteiger partial charge on any atom is 0.189 e. The van der Waals surface area contributed by atoms with E-state index in [-0.39, 0.29) is 5.78 Å². The number of methoxy groups -OCH3 is 1. The largest absolute Gasteiger partial charge is 0.496 e. The van der Waals surface area contributed by atoms with Crippen LogP contribution in [0.25, 0.3) is 12.2 Å². The number of nitroso groups, excluding NO2 is 1. The number of carbonyl (C=O) groups is 1. The van der Waals surface area contributed by atoms with Crippen LogP contribution in [0.5, 0.6) is 11.5 Å². The number of fused-ring (bicyclic) bond motifs is 1. The topological polar surface area (TPSA) is 65.0 Å². The summed E-state index contributed by atoms with van der Waals surface area (Å²) in [5.74, 6) is 0.964. The monoisotopic (exact) mass is 349 g/mol. The molecule has 26 heavy (non-hydrogen) atoms. The predicted molar refractivity (Wildman–Crippen MR) is 102 cm³/mol. The predicted octanol–water partition coefficient (Wildman–Crippen LogP) is 5.17. The van der Waals surface area contributed by atoms with Crippen LogP contribution in [0.15, 0.2) is 53.7 Å². The van der Waals surface area contributed by atoms with Gasteiger partial charge in [-0.05, 0) is 67.1 Å². The molecule has 0 fully saturated rings. The number of hydrogen-bond acceptors (Lipinski definition) is 5. The molecule has 1 heterocycles. The van der Waals surface area contributed by atoms with Crippen LogP contribution >= 0.6 is 0 Å². The summed E-state index contributed by atoms with van der Waals surface area (Å²) in [5.41, 5.74) is 1.73. The summed E-state index contributed by atoms with van der Waals surface area (Å²) in [6.07, 6.45) is 6.95. The Morgan fingerprint density at radius 2 is 2.04 bits per heavy atom. The zero-order chi connectivity index (χ0) is 18.7. The maximum atomic E-state index is 12.7. The van der Waals surface area contributed by atoms with Gasteiger partial charge in [0, 0.05) is 0 Å². The van der Waals surface area contributed by atoms with Crippen LogP contribution in [-0.2, 0) is 0 Å². The highest BCUT2D eigenvalue weighted by Crippen LogP contribution is 2.39. The Balaban J connectivity index is 1.96. The molecule has 0 atom stereocenters. The van der Waals surface area contributed by atoms with E-state index in [1.54, 1.807) is 49.6 Å². The molecular formula is C21H19NO4. The average molecular weight is 349 g/mol. The second-order valence-electron chi connectivity index (χ2n) is 6.48. The first-order valence-electron chi connectivity index (χ1n) is 8.18. The summed E-state index contributed by atoms with van der Waals surface area (Å²) in [6.45, 7) is 3.85. The van der Waals surface area contributed by atoms with Gasteiger partial charge in [-0.15, -0.1) is 4.91 Å². The Kier molecular flexibility index (Phi) is 4.71. The zero-order valence-electron chi connectivity index (χ0n) is 14.9. The number of hydrogen-bond donors (Lipinski definition) is 0. The summed E-state index contributed by atoms with van der Waals surface area (Å²) >= 11 is 0. The van der Waals surface area contributed by atoms with E-state index in [0.717, 1.165) is 11.1 Å². The number of rotatable bonds is 5. The molecule has 0 N–H and O–H groups in total. The first-order valence-corrected chi connectivity index (χ1v) is 8.18. The molecule has 5 nitrogen and oxygen atoms in total. The molecule has 0 aliphatic carbocycles. The van der Waals surface area contributed by atoms with Crippen molar-refractivity contribution in [1.82, 2.24) is 0 Å². The third-order valence-electron chi connectivity index (χ3n) is 4.06. The van der Waals surface area contributed by atoms with Crippen molar-refractivity contribution in [3.63, 3.8) is 0 Å². The van der Waals surface area contributed by atoms with E-state index in [4.69, 9.17) is 9.47 Å². The van der Waals surface area contributed by atoms with E-state index in [0.29, 0.717) is 22.7 Å². The lowest BCUT2D eigenvalue weighted by Gasteiger charge is -2.29. The number of allylic oxidation sites excluding steroid dienone is 1. The van der Waals surface area contributed by atoms with E-state index in [9.17, 15) is 9.70 Å². The standard InChI is InChI=1S/C21H19NO4/c1-21(2)12-11-17-19(25-3)10-8-16(20(17)26-21)18(23)9-7-14-5-4-6-15(13-14)22-24/h4-13H,1-3H3/b9-7+. The van der Waals surface area contributed by atoms with Crippen LogP contribution in [0.4, 0.5) is 5.69 Å². The first kappa shape index (κ1) is 17.6. The minimum atomic E-state index is -0.512. The molecule has 0 amide bonds. The fourth-order valence-electron chi connectivity index (χ4n) is 2.75. The van der Waals surface area contributed by atoms with Crippen molar-refractivity contribution in [2.24, 2.45) is 5.18 Å². The van der Waals surface area contributed by atoms with Crippen LogP contribution in [0.2, 0.25) is 0 Å². The van der Waals surface area contributed by atoms with Gasteiger partial charge < -0.3 is 9.47 Å². The number of nitrogens with zero attached hydrogens (tertiary/aromatic N) is 1. The summed E-state index contributed by atoms with van der Waals surface area (Å²) < 4.78 is 11.4. The molecule has 0 radical (unpaired) electrons. The Labute approximate surface area is 151 Å². The average Bonchev–Trinajstić information content (AvgIpc) is 2.64. The highest BCUT2D eigenvalue weighted by molar-refractivity contribution is 6.09. The van der Waals surface area contributed by atoms with E-state index in [1.807, 2.05) is 26.0 Å². The maximum absolute atomic E-state index is 12.7. The van der Waals surface area contributed by atoms with Crippen LogP contribution in [0.1, 0.15) is 35.3 Å². The van der Waals surface area contributed by atoms with Gasteiger partial charge in [0.25, 0.3) is 0 Å². The fourth-order valence-corrected chi connectivity index (χ4v) is 2.75. The highest BCUT2D eigenvalue weighted by atomic mass is 16.5. The minimum absolute atomic E-state index is 0.195. The van der Waals surface area contributed by atoms with Crippen molar-refractivity contribution in [2.45, 2.75) is 19.4 Å². The zero-order valence-corrected chi connectivity index (χ0v) is 14.9. The van der Waals surface area contributed by atoms with E-state index < -0.39 is 5.60 Å². The van der Waals surface area contributed by atoms with Crippen molar-refractivity contribution in [1.29, 1.82) is 0 Å². The molecule has 0 bridgehead atoms. The normalized spacial score (nSPS) is 14.6. The van der Waals surface area contributed by atoms with Gasteiger partial charge in [0.1, 0.15) is 22.8 Å². The van der Waals surface area contributed by atoms with Gasteiger partial charge in [0.15, 0.2) is 5.78 Å². The minimum Gasteiger partial charge on any atom is -0.496 e. The Hall–Kier alpha value is -3.21. The van der Waals surface area contributed by atoms with Crippen LogP contribution in [0, 0.1) is 4.91 Å². The Morgan fingerprint density at radius 1 is 1.23 bits per heavy atom. The lowest BCUT2D eigenvalue weighted by atomic mass is 9.97. The number of carbonyl (C=O) groups excluding carboxylic acids is 1. The molecule has 0 saturated heterocycles. The van der Waals surface area contributed by atoms with Crippen LogP contribution in [0.3, 0.4) is 0 Å². The lowest BCUT2D eigenvalue weighted by Crippen LogP contribution is -2.28. The van der Waals surface area contributed by atoms with E-state index in [1.165, 1.54) is 6.08 Å². The Morgan fingerprint density at radius 3 is 2.77 bits per heavy atom. The smallest absolute Gasteiger partial charge is 0.189 e. The van der Waals surface area contributed by atoms with E-state index in [2.05, 4.69) is 5.18 Å². The van der Waals surface area contributed by atoms with Gasteiger partial charge in [0.2, 0.25) is 0 Å². The molecule has 3 rings (SSSR count). The second kappa shape index (κ2) is 6.96. The Bertz CT molecular complexity index is 926. The molecule has 2 aromatic rings. The summed E-state index contributed by atoms with van der Waals surface area (Å²) in [6, 6.07) is 10.2. The molecule has 5 heteroatoms. The number of benzene rings is 2. The van der Waals surface area contributed by atoms with Gasteiger partial charge in [-0.25, -0.2) is 0 Å². The second-order valence-corrected chi connectivity index (χ2v) is 6.48. The van der Waals surface area contributed by atoms with Crippen molar-refractivity contribution in [3.05, 3.63) is 70.1 Å². The van der Waals surface area contributed by atoms with Crippen LogP contribution < -0.4 is 9.47 Å². The summed E-state index contributed by atoms with van der Waals surface area (Å²) in [7, 11) is 1.58. The number of ketones is 1. The third-order valence-corrected chi connectivity index (χ3v) is 4.06. The molecule has 2 aromatic carbocycles. The van der Waals surface area contributed by atoms with Gasteiger partial charge in [-0.3, -0.25) is 4.79 Å². The summed E-state index contributed by atoms with van der Waals surface area (Å²) in [4.78, 5) is 23.4. The number of ether oxygens (including phenoxy) is 2. The highest BCUT2D eigenvalue weighted by Gasteiger charge is 2.27. The van der Waals surface area contributed by atoms with Crippen molar-refractivity contribution in [3.8, 4) is 11.5 Å². The van der Waals surface area contributed by atoms with Gasteiger partial charge in [-0.1, -0.05) is 18.2 Å². The SMILES string of the molecule is COc1ccc(C(=O)/C=C/c2cccc(N=O)c2)c2c1C=CC(C)(C)O2. The van der Waals surface area contributed by atoms with Crippen LogP contribution in [-0.4, -0.2) is 18.5 Å². The lowest BCUT2D eigenvalue weighted by molar-refractivity contribution is 0.103. The first-order chi connectivity index (χ1) is 12.4. The molecule has 0 saturated carbocycles. The molecule has 0 aromatic heterocycles. The molecule has 0 spiro atoms. The fraction of sp³-hybridized carbons (Fsp3) is 0.190. The molecular weight excluding hydrogens is 330 g/mol.